The summed E-state index contributed by atoms with van der Waals surface area (Å²) in [6, 6.07) is 5.39. The van der Waals surface area contributed by atoms with Gasteiger partial charge >= 0.3 is 0 Å². The second-order valence-electron chi connectivity index (χ2n) is 6.91. The molecule has 0 aromatic carbocycles. The van der Waals surface area contributed by atoms with E-state index in [4.69, 9.17) is 0 Å². The summed E-state index contributed by atoms with van der Waals surface area (Å²) in [5, 5.41) is 13.4. The third kappa shape index (κ3) is 4.28. The number of aliphatic hydroxyl groups is 1. The molecule has 1 saturated carbocycles. The van der Waals surface area contributed by atoms with Gasteiger partial charge in [0.1, 0.15) is 0 Å². The van der Waals surface area contributed by atoms with Crippen LogP contribution in [0.2, 0.25) is 0 Å². The molecule has 2 unspecified atom stereocenters. The van der Waals surface area contributed by atoms with E-state index >= 15 is 0 Å². The fourth-order valence-electron chi connectivity index (χ4n) is 3.95. The van der Waals surface area contributed by atoms with Gasteiger partial charge in [-0.1, -0.05) is 12.8 Å². The van der Waals surface area contributed by atoms with Crippen LogP contribution in [-0.2, 0) is 6.54 Å². The molecule has 2 N–H and O–H groups in total. The van der Waals surface area contributed by atoms with Gasteiger partial charge in [0.05, 0.1) is 0 Å². The quantitative estimate of drug-likeness (QED) is 0.875. The topological polar surface area (TPSA) is 48.4 Å². The molecule has 1 saturated heterocycles. The van der Waals surface area contributed by atoms with Crippen molar-refractivity contribution in [2.45, 2.75) is 57.2 Å². The van der Waals surface area contributed by atoms with Crippen LogP contribution in [0.5, 0.6) is 0 Å². The largest absolute Gasteiger partial charge is 0.396 e. The molecule has 0 spiro atoms. The molecule has 4 nitrogen and oxygen atoms in total. The Balaban J connectivity index is 1.43. The van der Waals surface area contributed by atoms with Crippen molar-refractivity contribution in [1.82, 2.24) is 15.2 Å². The number of aromatic nitrogens is 1. The minimum absolute atomic E-state index is 0.346. The van der Waals surface area contributed by atoms with Crippen molar-refractivity contribution >= 4 is 0 Å². The molecule has 122 valence electrons. The first-order chi connectivity index (χ1) is 10.8. The highest BCUT2D eigenvalue weighted by Crippen LogP contribution is 2.25. The number of aliphatic hydroxyl groups excluding tert-OH is 1. The first-order valence-electron chi connectivity index (χ1n) is 8.83. The summed E-state index contributed by atoms with van der Waals surface area (Å²) >= 11 is 0. The lowest BCUT2D eigenvalue weighted by Gasteiger charge is -2.38. The molecule has 1 aliphatic heterocycles. The summed E-state index contributed by atoms with van der Waals surface area (Å²) in [7, 11) is 0. The molecule has 2 fully saturated rings. The molecule has 0 bridgehead atoms. The van der Waals surface area contributed by atoms with E-state index in [-0.39, 0.29) is 0 Å². The number of hydrogen-bond acceptors (Lipinski definition) is 4. The lowest BCUT2D eigenvalue weighted by molar-refractivity contribution is 0.126. The predicted octanol–water partition coefficient (Wildman–Crippen LogP) is 2.19. The smallest absolute Gasteiger partial charge is 0.0474 e. The normalized spacial score (nSPS) is 27.9. The zero-order chi connectivity index (χ0) is 15.2. The molecular formula is C18H29N3O. The molecule has 1 aliphatic carbocycles. The fourth-order valence-corrected chi connectivity index (χ4v) is 3.95. The third-order valence-electron chi connectivity index (χ3n) is 5.34. The Kier molecular flexibility index (Phi) is 5.82. The van der Waals surface area contributed by atoms with Crippen LogP contribution in [0, 0.1) is 5.92 Å². The number of nitrogens with zero attached hydrogens (tertiary/aromatic N) is 2. The highest BCUT2D eigenvalue weighted by atomic mass is 16.3. The molecule has 3 rings (SSSR count). The second-order valence-corrected chi connectivity index (χ2v) is 6.91. The highest BCUT2D eigenvalue weighted by molar-refractivity contribution is 5.09. The van der Waals surface area contributed by atoms with Gasteiger partial charge in [-0.15, -0.1) is 0 Å². The number of pyridine rings is 1. The monoisotopic (exact) mass is 303 g/mol. The molecule has 0 amide bonds. The van der Waals surface area contributed by atoms with Crippen LogP contribution in [0.15, 0.2) is 24.5 Å². The lowest BCUT2D eigenvalue weighted by atomic mass is 9.84. The van der Waals surface area contributed by atoms with E-state index in [1.165, 1.54) is 44.1 Å². The summed E-state index contributed by atoms with van der Waals surface area (Å²) in [5.74, 6) is 0.476. The SMILES string of the molecule is OCC1CCCCC1NC1CCN(Cc2ccncc2)CC1. The molecule has 0 radical (unpaired) electrons. The number of nitrogens with one attached hydrogen (secondary N) is 1. The molecule has 2 aliphatic rings. The molecule has 4 heteroatoms. The van der Waals surface area contributed by atoms with Gasteiger partial charge in [-0.25, -0.2) is 0 Å². The van der Waals surface area contributed by atoms with E-state index in [9.17, 15) is 5.11 Å². The first-order valence-corrected chi connectivity index (χ1v) is 8.83. The summed E-state index contributed by atoms with van der Waals surface area (Å²) in [6.07, 6.45) is 11.2. The maximum atomic E-state index is 9.54. The number of likely N-dealkylation sites (tertiary alicyclic amines) is 1. The Morgan fingerprint density at radius 3 is 2.55 bits per heavy atom. The maximum Gasteiger partial charge on any atom is 0.0474 e. The van der Waals surface area contributed by atoms with E-state index in [1.54, 1.807) is 0 Å². The molecule has 2 heterocycles. The molecular weight excluding hydrogens is 274 g/mol. The zero-order valence-electron chi connectivity index (χ0n) is 13.5. The van der Waals surface area contributed by atoms with Crippen molar-refractivity contribution in [2.24, 2.45) is 5.92 Å². The van der Waals surface area contributed by atoms with Crippen LogP contribution in [0.3, 0.4) is 0 Å². The Morgan fingerprint density at radius 1 is 1.09 bits per heavy atom. The number of hydrogen-bond donors (Lipinski definition) is 2. The third-order valence-corrected chi connectivity index (χ3v) is 5.34. The Labute approximate surface area is 133 Å². The molecule has 1 aromatic rings. The van der Waals surface area contributed by atoms with Crippen molar-refractivity contribution in [1.29, 1.82) is 0 Å². The minimum atomic E-state index is 0.346. The van der Waals surface area contributed by atoms with Crippen molar-refractivity contribution in [3.8, 4) is 0 Å². The van der Waals surface area contributed by atoms with Crippen LogP contribution in [-0.4, -0.2) is 46.8 Å². The molecule has 2 atom stereocenters. The van der Waals surface area contributed by atoms with E-state index in [0.717, 1.165) is 19.6 Å². The average molecular weight is 303 g/mol. The van der Waals surface area contributed by atoms with Crippen LogP contribution >= 0.6 is 0 Å². The second kappa shape index (κ2) is 8.04. The highest BCUT2D eigenvalue weighted by Gasteiger charge is 2.28. The Morgan fingerprint density at radius 2 is 1.82 bits per heavy atom. The average Bonchev–Trinajstić information content (AvgIpc) is 2.58. The van der Waals surface area contributed by atoms with Gasteiger partial charge in [-0.2, -0.15) is 0 Å². The number of piperidine rings is 1. The Hall–Kier alpha value is -0.970. The van der Waals surface area contributed by atoms with Gasteiger partial charge in [0, 0.05) is 37.6 Å². The first kappa shape index (κ1) is 15.9. The van der Waals surface area contributed by atoms with Crippen molar-refractivity contribution in [2.75, 3.05) is 19.7 Å². The number of rotatable bonds is 5. The van der Waals surface area contributed by atoms with Gasteiger partial charge in [0.15, 0.2) is 0 Å². The summed E-state index contributed by atoms with van der Waals surface area (Å²) < 4.78 is 0. The van der Waals surface area contributed by atoms with Gasteiger partial charge in [-0.05, 0) is 62.4 Å². The van der Waals surface area contributed by atoms with Gasteiger partial charge in [0.2, 0.25) is 0 Å². The minimum Gasteiger partial charge on any atom is -0.396 e. The van der Waals surface area contributed by atoms with E-state index in [2.05, 4.69) is 27.3 Å². The van der Waals surface area contributed by atoms with E-state index in [1.807, 2.05) is 12.4 Å². The van der Waals surface area contributed by atoms with Crippen molar-refractivity contribution in [3.63, 3.8) is 0 Å². The van der Waals surface area contributed by atoms with Gasteiger partial charge < -0.3 is 10.4 Å². The van der Waals surface area contributed by atoms with Crippen LogP contribution in [0.1, 0.15) is 44.1 Å². The Bertz CT molecular complexity index is 431. The summed E-state index contributed by atoms with van der Waals surface area (Å²) in [6.45, 7) is 3.71. The predicted molar refractivity (Wildman–Crippen MR) is 88.5 cm³/mol. The summed E-state index contributed by atoms with van der Waals surface area (Å²) in [4.78, 5) is 6.62. The molecule has 1 aromatic heterocycles. The van der Waals surface area contributed by atoms with Gasteiger partial charge in [-0.3, -0.25) is 9.88 Å². The van der Waals surface area contributed by atoms with Gasteiger partial charge in [0.25, 0.3) is 0 Å². The molecule has 22 heavy (non-hydrogen) atoms. The zero-order valence-corrected chi connectivity index (χ0v) is 13.5. The lowest BCUT2D eigenvalue weighted by Crippen LogP contribution is -2.49. The standard InChI is InChI=1S/C18H29N3O/c22-14-16-3-1-2-4-18(16)20-17-7-11-21(12-8-17)13-15-5-9-19-10-6-15/h5-6,9-10,16-18,20,22H,1-4,7-8,11-14H2. The van der Waals surface area contributed by atoms with Crippen molar-refractivity contribution in [3.05, 3.63) is 30.1 Å². The summed E-state index contributed by atoms with van der Waals surface area (Å²) in [5.41, 5.74) is 1.36. The fraction of sp³-hybridized carbons (Fsp3) is 0.722. The van der Waals surface area contributed by atoms with Crippen molar-refractivity contribution < 1.29 is 5.11 Å². The van der Waals surface area contributed by atoms with E-state index < -0.39 is 0 Å². The van der Waals surface area contributed by atoms with Crippen LogP contribution in [0.25, 0.3) is 0 Å². The maximum absolute atomic E-state index is 9.54. The van der Waals surface area contributed by atoms with E-state index in [0.29, 0.717) is 24.6 Å². The van der Waals surface area contributed by atoms with Crippen LogP contribution in [0.4, 0.5) is 0 Å². The van der Waals surface area contributed by atoms with Crippen LogP contribution < -0.4 is 5.32 Å².